The van der Waals surface area contributed by atoms with Crippen LogP contribution in [0.1, 0.15) is 11.1 Å². The average molecular weight is 400 g/mol. The van der Waals surface area contributed by atoms with Crippen molar-refractivity contribution >= 4 is 46.5 Å². The monoisotopic (exact) mass is 398 g/mol. The minimum Gasteiger partial charge on any atom is -0.383 e. The smallest absolute Gasteiger partial charge is 0.0587 e. The second-order valence-corrected chi connectivity index (χ2v) is 6.55. The molecule has 3 aromatic rings. The van der Waals surface area contributed by atoms with Crippen molar-refractivity contribution in [3.05, 3.63) is 69.8 Å². The van der Waals surface area contributed by atoms with Gasteiger partial charge in [0.2, 0.25) is 0 Å². The van der Waals surface area contributed by atoms with E-state index in [4.69, 9.17) is 27.9 Å². The van der Waals surface area contributed by atoms with Crippen molar-refractivity contribution < 1.29 is 4.74 Å². The van der Waals surface area contributed by atoms with Crippen molar-refractivity contribution in [1.29, 1.82) is 0 Å². The van der Waals surface area contributed by atoms with Gasteiger partial charge in [0.1, 0.15) is 0 Å². The molecule has 3 nitrogen and oxygen atoms in total. The number of para-hydroxylation sites is 1. The van der Waals surface area contributed by atoms with Crippen LogP contribution in [0.25, 0.3) is 10.9 Å². The molecule has 0 atom stereocenters. The maximum atomic E-state index is 6.33. The van der Waals surface area contributed by atoms with E-state index in [1.54, 1.807) is 13.2 Å². The first-order valence-corrected chi connectivity index (χ1v) is 8.65. The quantitative estimate of drug-likeness (QED) is 0.556. The molecule has 3 rings (SSSR count). The van der Waals surface area contributed by atoms with Gasteiger partial charge in [0, 0.05) is 53.9 Å². The molecule has 0 aliphatic heterocycles. The molecule has 25 heavy (non-hydrogen) atoms. The highest BCUT2D eigenvalue weighted by Gasteiger charge is 2.10. The summed E-state index contributed by atoms with van der Waals surface area (Å²) in [7, 11) is 1.71. The number of fused-ring (bicyclic) bond motifs is 1. The van der Waals surface area contributed by atoms with Crippen molar-refractivity contribution in [3.63, 3.8) is 0 Å². The van der Waals surface area contributed by atoms with E-state index in [1.807, 2.05) is 12.1 Å². The van der Waals surface area contributed by atoms with Crippen molar-refractivity contribution in [1.82, 2.24) is 9.88 Å². The minimum atomic E-state index is 0. The van der Waals surface area contributed by atoms with Crippen molar-refractivity contribution in [2.75, 3.05) is 20.3 Å². The molecule has 6 heteroatoms. The SMILES string of the molecule is COCCNCc1cn(Cc2ccc(Cl)cc2Cl)c2ccccc12.Cl. The van der Waals surface area contributed by atoms with Gasteiger partial charge in [-0.2, -0.15) is 0 Å². The van der Waals surface area contributed by atoms with Crippen LogP contribution in [0.5, 0.6) is 0 Å². The van der Waals surface area contributed by atoms with Crippen LogP contribution in [0.4, 0.5) is 0 Å². The van der Waals surface area contributed by atoms with E-state index >= 15 is 0 Å². The van der Waals surface area contributed by atoms with E-state index in [2.05, 4.69) is 40.3 Å². The molecular weight excluding hydrogens is 379 g/mol. The van der Waals surface area contributed by atoms with Crippen LogP contribution in [0.3, 0.4) is 0 Å². The number of rotatable bonds is 7. The van der Waals surface area contributed by atoms with Crippen LogP contribution >= 0.6 is 35.6 Å². The Morgan fingerprint density at radius 2 is 1.88 bits per heavy atom. The minimum absolute atomic E-state index is 0. The summed E-state index contributed by atoms with van der Waals surface area (Å²) in [6, 6.07) is 14.1. The average Bonchev–Trinajstić information content (AvgIpc) is 2.92. The van der Waals surface area contributed by atoms with E-state index in [9.17, 15) is 0 Å². The second kappa shape index (κ2) is 9.46. The lowest BCUT2D eigenvalue weighted by Gasteiger charge is -2.08. The predicted octanol–water partition coefficient (Wildman–Crippen LogP) is 5.15. The Kier molecular flexibility index (Phi) is 7.60. The van der Waals surface area contributed by atoms with Gasteiger partial charge >= 0.3 is 0 Å². The number of ether oxygens (including phenoxy) is 1. The summed E-state index contributed by atoms with van der Waals surface area (Å²) in [5.41, 5.74) is 3.53. The molecule has 2 aromatic carbocycles. The molecule has 1 N–H and O–H groups in total. The van der Waals surface area contributed by atoms with Crippen LogP contribution in [0, 0.1) is 0 Å². The summed E-state index contributed by atoms with van der Waals surface area (Å²) in [4.78, 5) is 0. The Balaban J connectivity index is 0.00000225. The lowest BCUT2D eigenvalue weighted by Crippen LogP contribution is -2.18. The Morgan fingerprint density at radius 3 is 2.64 bits per heavy atom. The summed E-state index contributed by atoms with van der Waals surface area (Å²) in [5, 5.41) is 6.02. The molecule has 0 fully saturated rings. The van der Waals surface area contributed by atoms with E-state index in [0.29, 0.717) is 23.2 Å². The summed E-state index contributed by atoms with van der Waals surface area (Å²) >= 11 is 12.3. The Labute approximate surface area is 164 Å². The third-order valence-corrected chi connectivity index (χ3v) is 4.61. The summed E-state index contributed by atoms with van der Waals surface area (Å²) in [6.45, 7) is 3.07. The fraction of sp³-hybridized carbons (Fsp3) is 0.263. The van der Waals surface area contributed by atoms with Gasteiger partial charge in [0.25, 0.3) is 0 Å². The molecule has 0 radical (unpaired) electrons. The number of nitrogens with one attached hydrogen (secondary N) is 1. The third-order valence-electron chi connectivity index (χ3n) is 4.03. The summed E-state index contributed by atoms with van der Waals surface area (Å²) in [5.74, 6) is 0. The topological polar surface area (TPSA) is 26.2 Å². The molecule has 0 unspecified atom stereocenters. The number of aromatic nitrogens is 1. The summed E-state index contributed by atoms with van der Waals surface area (Å²) in [6.07, 6.45) is 2.19. The van der Waals surface area contributed by atoms with E-state index in [-0.39, 0.29) is 12.4 Å². The Morgan fingerprint density at radius 1 is 1.08 bits per heavy atom. The zero-order valence-corrected chi connectivity index (χ0v) is 16.3. The first-order valence-electron chi connectivity index (χ1n) is 7.89. The van der Waals surface area contributed by atoms with Crippen molar-refractivity contribution in [3.8, 4) is 0 Å². The highest BCUT2D eigenvalue weighted by molar-refractivity contribution is 6.35. The van der Waals surface area contributed by atoms with E-state index in [0.717, 1.165) is 18.7 Å². The van der Waals surface area contributed by atoms with Crippen molar-refractivity contribution in [2.24, 2.45) is 0 Å². The molecular formula is C19H21Cl3N2O. The zero-order chi connectivity index (χ0) is 16.9. The Bertz CT molecular complexity index is 833. The molecule has 0 aliphatic carbocycles. The third kappa shape index (κ3) is 4.90. The number of methoxy groups -OCH3 is 1. The van der Waals surface area contributed by atoms with Gasteiger partial charge in [-0.3, -0.25) is 0 Å². The first kappa shape index (κ1) is 20.1. The molecule has 0 amide bonds. The van der Waals surface area contributed by atoms with Gasteiger partial charge in [0.15, 0.2) is 0 Å². The van der Waals surface area contributed by atoms with Crippen LogP contribution in [-0.2, 0) is 17.8 Å². The molecule has 0 saturated carbocycles. The highest BCUT2D eigenvalue weighted by atomic mass is 35.5. The number of nitrogens with zero attached hydrogens (tertiary/aromatic N) is 1. The lowest BCUT2D eigenvalue weighted by atomic mass is 10.2. The van der Waals surface area contributed by atoms with Gasteiger partial charge in [-0.1, -0.05) is 47.5 Å². The molecule has 1 heterocycles. The number of halogens is 3. The largest absolute Gasteiger partial charge is 0.383 e. The fourth-order valence-corrected chi connectivity index (χ4v) is 3.29. The molecule has 1 aromatic heterocycles. The fourth-order valence-electron chi connectivity index (χ4n) is 2.83. The van der Waals surface area contributed by atoms with Gasteiger partial charge < -0.3 is 14.6 Å². The second-order valence-electron chi connectivity index (χ2n) is 5.70. The predicted molar refractivity (Wildman–Crippen MR) is 108 cm³/mol. The molecule has 0 aliphatic rings. The van der Waals surface area contributed by atoms with Gasteiger partial charge in [-0.05, 0) is 29.3 Å². The first-order chi connectivity index (χ1) is 11.7. The van der Waals surface area contributed by atoms with Gasteiger partial charge in [-0.15, -0.1) is 12.4 Å². The highest BCUT2D eigenvalue weighted by Crippen LogP contribution is 2.26. The van der Waals surface area contributed by atoms with Crippen LogP contribution in [0.2, 0.25) is 10.0 Å². The number of hydrogen-bond acceptors (Lipinski definition) is 2. The molecule has 0 saturated heterocycles. The molecule has 0 spiro atoms. The summed E-state index contributed by atoms with van der Waals surface area (Å²) < 4.78 is 7.32. The van der Waals surface area contributed by atoms with E-state index in [1.165, 1.54) is 16.5 Å². The maximum absolute atomic E-state index is 6.33. The Hall–Kier alpha value is -1.23. The maximum Gasteiger partial charge on any atom is 0.0587 e. The van der Waals surface area contributed by atoms with Gasteiger partial charge in [0.05, 0.1) is 6.61 Å². The standard InChI is InChI=1S/C19H20Cl2N2O.ClH/c1-24-9-8-22-11-15-13-23(19-5-3-2-4-17(15)19)12-14-6-7-16(20)10-18(14)21;/h2-7,10,13,22H,8-9,11-12H2,1H3;1H. The van der Waals surface area contributed by atoms with Crippen LogP contribution in [-0.4, -0.2) is 24.8 Å². The zero-order valence-electron chi connectivity index (χ0n) is 14.0. The van der Waals surface area contributed by atoms with Crippen LogP contribution in [0.15, 0.2) is 48.7 Å². The normalized spacial score (nSPS) is 10.8. The molecule has 0 bridgehead atoms. The van der Waals surface area contributed by atoms with Crippen molar-refractivity contribution in [2.45, 2.75) is 13.1 Å². The molecule has 134 valence electrons. The number of hydrogen-bond donors (Lipinski definition) is 1. The number of benzene rings is 2. The van der Waals surface area contributed by atoms with E-state index < -0.39 is 0 Å². The van der Waals surface area contributed by atoms with Crippen LogP contribution < -0.4 is 5.32 Å². The van der Waals surface area contributed by atoms with Gasteiger partial charge in [-0.25, -0.2) is 0 Å². The lowest BCUT2D eigenvalue weighted by molar-refractivity contribution is 0.199.